The normalized spacial score (nSPS) is 12.1. The highest BCUT2D eigenvalue weighted by Crippen LogP contribution is 2.19. The van der Waals surface area contributed by atoms with Crippen LogP contribution in [0.4, 0.5) is 8.78 Å². The molecule has 1 N–H and O–H groups in total. The number of hydrogen-bond acceptors (Lipinski definition) is 3. The van der Waals surface area contributed by atoms with Crippen molar-refractivity contribution in [1.82, 2.24) is 5.32 Å². The fourth-order valence-corrected chi connectivity index (χ4v) is 2.41. The summed E-state index contributed by atoms with van der Waals surface area (Å²) in [6.45, 7) is 1.55. The van der Waals surface area contributed by atoms with E-state index in [2.05, 4.69) is 5.32 Å². The second-order valence-electron chi connectivity index (χ2n) is 5.33. The fraction of sp³-hybridized carbons (Fsp3) is 0.111. The lowest BCUT2D eigenvalue weighted by atomic mass is 10.1. The molecule has 0 spiro atoms. The van der Waals surface area contributed by atoms with Crippen LogP contribution in [0, 0.1) is 11.6 Å². The van der Waals surface area contributed by atoms with Crippen molar-refractivity contribution in [3.8, 4) is 0 Å². The number of benzene rings is 2. The first-order chi connectivity index (χ1) is 11.5. The van der Waals surface area contributed by atoms with Crippen LogP contribution in [0.15, 0.2) is 57.7 Å². The fourth-order valence-electron chi connectivity index (χ4n) is 2.41. The molecule has 0 bridgehead atoms. The van der Waals surface area contributed by atoms with E-state index in [4.69, 9.17) is 4.42 Å². The lowest BCUT2D eigenvalue weighted by molar-refractivity contribution is 0.0912. The summed E-state index contributed by atoms with van der Waals surface area (Å²) in [5.41, 5.74) is 0.0752. The third-order valence-corrected chi connectivity index (χ3v) is 3.64. The molecule has 2 aromatic carbocycles. The first kappa shape index (κ1) is 15.9. The molecular weight excluding hydrogens is 316 g/mol. The van der Waals surface area contributed by atoms with Crippen LogP contribution in [0.2, 0.25) is 0 Å². The van der Waals surface area contributed by atoms with Crippen molar-refractivity contribution < 1.29 is 18.0 Å². The second-order valence-corrected chi connectivity index (χ2v) is 5.33. The van der Waals surface area contributed by atoms with Gasteiger partial charge in [0.25, 0.3) is 5.91 Å². The lowest BCUT2D eigenvalue weighted by Gasteiger charge is -2.14. The van der Waals surface area contributed by atoms with Crippen molar-refractivity contribution in [2.45, 2.75) is 13.0 Å². The van der Waals surface area contributed by atoms with Crippen LogP contribution < -0.4 is 10.7 Å². The van der Waals surface area contributed by atoms with E-state index in [9.17, 15) is 18.4 Å². The average Bonchev–Trinajstić information content (AvgIpc) is 2.54. The number of nitrogens with one attached hydrogen (secondary N) is 1. The minimum Gasteiger partial charge on any atom is -0.451 e. The number of carbonyl (C=O) groups is 1. The number of halogens is 2. The first-order valence-electron chi connectivity index (χ1n) is 7.24. The number of para-hydroxylation sites is 1. The van der Waals surface area contributed by atoms with Gasteiger partial charge in [0.2, 0.25) is 0 Å². The summed E-state index contributed by atoms with van der Waals surface area (Å²) in [4.78, 5) is 24.3. The second kappa shape index (κ2) is 6.23. The minimum absolute atomic E-state index is 0.132. The lowest BCUT2D eigenvalue weighted by Crippen LogP contribution is -2.28. The van der Waals surface area contributed by atoms with E-state index < -0.39 is 23.6 Å². The number of carbonyl (C=O) groups excluding carboxylic acids is 1. The van der Waals surface area contributed by atoms with E-state index >= 15 is 0 Å². The summed E-state index contributed by atoms with van der Waals surface area (Å²) < 4.78 is 32.1. The molecule has 0 saturated carbocycles. The third-order valence-electron chi connectivity index (χ3n) is 3.64. The Labute approximate surface area is 135 Å². The molecule has 3 aromatic rings. The molecule has 1 heterocycles. The van der Waals surface area contributed by atoms with Crippen molar-refractivity contribution in [1.29, 1.82) is 0 Å². The predicted molar refractivity (Wildman–Crippen MR) is 84.7 cm³/mol. The van der Waals surface area contributed by atoms with Crippen molar-refractivity contribution >= 4 is 16.9 Å². The highest BCUT2D eigenvalue weighted by atomic mass is 19.1. The minimum atomic E-state index is -0.761. The van der Waals surface area contributed by atoms with Gasteiger partial charge >= 0.3 is 0 Å². The van der Waals surface area contributed by atoms with Crippen LogP contribution in [-0.2, 0) is 0 Å². The molecule has 0 aliphatic rings. The van der Waals surface area contributed by atoms with Gasteiger partial charge in [-0.2, -0.15) is 0 Å². The van der Waals surface area contributed by atoms with Crippen molar-refractivity contribution in [3.63, 3.8) is 0 Å². The van der Waals surface area contributed by atoms with Gasteiger partial charge in [-0.25, -0.2) is 8.78 Å². The molecule has 3 rings (SSSR count). The predicted octanol–water partition coefficient (Wildman–Crippen LogP) is 3.56. The van der Waals surface area contributed by atoms with Gasteiger partial charge in [0.15, 0.2) is 11.2 Å². The van der Waals surface area contributed by atoms with E-state index in [0.29, 0.717) is 5.39 Å². The van der Waals surface area contributed by atoms with Gasteiger partial charge in [-0.15, -0.1) is 0 Å². The van der Waals surface area contributed by atoms with Crippen LogP contribution in [0.3, 0.4) is 0 Å². The maximum absolute atomic E-state index is 13.8. The smallest absolute Gasteiger partial charge is 0.287 e. The Hall–Kier alpha value is -3.02. The number of fused-ring (bicyclic) bond motifs is 1. The van der Waals surface area contributed by atoms with Crippen LogP contribution in [0.5, 0.6) is 0 Å². The number of rotatable bonds is 3. The molecule has 0 unspecified atom stereocenters. The largest absolute Gasteiger partial charge is 0.451 e. The average molecular weight is 329 g/mol. The van der Waals surface area contributed by atoms with Gasteiger partial charge in [0.1, 0.15) is 17.2 Å². The molecule has 0 aliphatic carbocycles. The van der Waals surface area contributed by atoms with E-state index in [1.807, 2.05) is 0 Å². The van der Waals surface area contributed by atoms with Crippen LogP contribution in [0.1, 0.15) is 29.1 Å². The molecule has 24 heavy (non-hydrogen) atoms. The number of amides is 1. The highest BCUT2D eigenvalue weighted by Gasteiger charge is 2.18. The van der Waals surface area contributed by atoms with Gasteiger partial charge in [0, 0.05) is 17.7 Å². The van der Waals surface area contributed by atoms with Crippen molar-refractivity contribution in [2.75, 3.05) is 0 Å². The van der Waals surface area contributed by atoms with E-state index in [1.54, 1.807) is 31.2 Å². The molecule has 1 aromatic heterocycles. The summed E-state index contributed by atoms with van der Waals surface area (Å²) >= 11 is 0. The van der Waals surface area contributed by atoms with Crippen LogP contribution in [-0.4, -0.2) is 5.91 Å². The van der Waals surface area contributed by atoms with E-state index in [-0.39, 0.29) is 22.3 Å². The SMILES string of the molecule is C[C@H](NC(=O)c1cc(=O)c2ccccc2o1)c1ccc(F)cc1F. The maximum Gasteiger partial charge on any atom is 0.287 e. The summed E-state index contributed by atoms with van der Waals surface area (Å²) in [5.74, 6) is -2.29. The van der Waals surface area contributed by atoms with Gasteiger partial charge < -0.3 is 9.73 Å². The molecule has 1 amide bonds. The number of hydrogen-bond donors (Lipinski definition) is 1. The maximum atomic E-state index is 13.8. The Kier molecular flexibility index (Phi) is 4.12. The molecule has 1 atom stereocenters. The van der Waals surface area contributed by atoms with E-state index in [1.165, 1.54) is 6.07 Å². The molecule has 6 heteroatoms. The summed E-state index contributed by atoms with van der Waals surface area (Å²) in [7, 11) is 0. The molecule has 122 valence electrons. The van der Waals surface area contributed by atoms with Gasteiger partial charge in [0.05, 0.1) is 11.4 Å². The van der Waals surface area contributed by atoms with Gasteiger partial charge in [-0.05, 0) is 25.1 Å². The Morgan fingerprint density at radius 1 is 1.12 bits per heavy atom. The monoisotopic (exact) mass is 329 g/mol. The summed E-state index contributed by atoms with van der Waals surface area (Å²) in [6, 6.07) is 10.0. The Bertz CT molecular complexity index is 981. The molecule has 0 aliphatic heterocycles. The molecule has 0 radical (unpaired) electrons. The summed E-state index contributed by atoms with van der Waals surface area (Å²) in [6.07, 6.45) is 0. The molecule has 4 nitrogen and oxygen atoms in total. The van der Waals surface area contributed by atoms with Gasteiger partial charge in [-0.1, -0.05) is 18.2 Å². The molecule has 0 saturated heterocycles. The topological polar surface area (TPSA) is 59.3 Å². The van der Waals surface area contributed by atoms with Gasteiger partial charge in [-0.3, -0.25) is 9.59 Å². The highest BCUT2D eigenvalue weighted by molar-refractivity contribution is 5.93. The Balaban J connectivity index is 1.88. The van der Waals surface area contributed by atoms with E-state index in [0.717, 1.165) is 18.2 Å². The zero-order valence-electron chi connectivity index (χ0n) is 12.7. The first-order valence-corrected chi connectivity index (χ1v) is 7.24. The summed E-state index contributed by atoms with van der Waals surface area (Å²) in [5, 5.41) is 2.90. The quantitative estimate of drug-likeness (QED) is 0.799. The molecular formula is C18H13F2NO3. The Morgan fingerprint density at radius 2 is 1.88 bits per heavy atom. The standard InChI is InChI=1S/C18H13F2NO3/c1-10(12-7-6-11(19)8-14(12)20)21-18(23)17-9-15(22)13-4-2-3-5-16(13)24-17/h2-10H,1H3,(H,21,23)/t10-/m0/s1. The third kappa shape index (κ3) is 3.03. The van der Waals surface area contributed by atoms with Crippen molar-refractivity contribution in [3.05, 3.63) is 81.7 Å². The van der Waals surface area contributed by atoms with Crippen molar-refractivity contribution in [2.24, 2.45) is 0 Å². The zero-order valence-corrected chi connectivity index (χ0v) is 12.7. The zero-order chi connectivity index (χ0) is 17.3. The molecule has 0 fully saturated rings. The van der Waals surface area contributed by atoms with Crippen LogP contribution >= 0.6 is 0 Å². The Morgan fingerprint density at radius 3 is 2.62 bits per heavy atom. The van der Waals surface area contributed by atoms with Crippen LogP contribution in [0.25, 0.3) is 11.0 Å².